The standard InChI is InChI=1S/C42H55N9O4/c1-42(2,3)37-26-39(51(47-37)30-14-13-29(28-52)36(25-30)54-24-23-48-19-9-10-20-48)46-41(53)45-34-16-17-35(33-12-6-5-11-32(33)34)55-31-15-18-38(43)50(27-31)40(44)49-21-7-4-8-22-49/h5-6,11-15,18,25-27,34-35,43-44,52H,4,7-10,16-17,19-24,28H2,1-3H3,(H2,45,46,53). The van der Waals surface area contributed by atoms with Gasteiger partial charge in [-0.15, -0.1) is 0 Å². The van der Waals surface area contributed by atoms with Gasteiger partial charge >= 0.3 is 6.03 Å². The van der Waals surface area contributed by atoms with E-state index in [-0.39, 0.29) is 35.7 Å². The van der Waals surface area contributed by atoms with E-state index in [9.17, 15) is 9.90 Å². The third-order valence-electron chi connectivity index (χ3n) is 10.9. The first-order valence-corrected chi connectivity index (χ1v) is 19.7. The van der Waals surface area contributed by atoms with Crippen LogP contribution < -0.4 is 25.6 Å². The number of ether oxygens (including phenoxy) is 2. The minimum atomic E-state index is -0.349. The lowest BCUT2D eigenvalue weighted by molar-refractivity contribution is 0.171. The van der Waals surface area contributed by atoms with Crippen LogP contribution in [0.25, 0.3) is 5.69 Å². The van der Waals surface area contributed by atoms with Gasteiger partial charge in [-0.05, 0) is 87.4 Å². The fourth-order valence-corrected chi connectivity index (χ4v) is 7.75. The van der Waals surface area contributed by atoms with Gasteiger partial charge in [0.2, 0.25) is 5.96 Å². The van der Waals surface area contributed by atoms with Gasteiger partial charge in [0.25, 0.3) is 0 Å². The van der Waals surface area contributed by atoms with Crippen LogP contribution in [-0.4, -0.2) is 80.6 Å². The lowest BCUT2D eigenvalue weighted by Crippen LogP contribution is -2.42. The SMILES string of the molecule is CC(C)(C)c1cc(NC(=O)NC2CCC(Oc3ccc(=N)n(C(=N)N4CCCCC4)c3)c3ccccc32)n(-c2ccc(CO)c(OCCN3CCCC3)c2)n1. The summed E-state index contributed by atoms with van der Waals surface area (Å²) in [5, 5.41) is 38.6. The summed E-state index contributed by atoms with van der Waals surface area (Å²) in [6.45, 7) is 11.3. The molecule has 1 aliphatic carbocycles. The Morgan fingerprint density at radius 2 is 1.69 bits per heavy atom. The molecular formula is C42H55N9O4. The third kappa shape index (κ3) is 8.89. The van der Waals surface area contributed by atoms with Crippen molar-refractivity contribution in [2.75, 3.05) is 44.6 Å². The summed E-state index contributed by atoms with van der Waals surface area (Å²) in [7, 11) is 0. The summed E-state index contributed by atoms with van der Waals surface area (Å²) in [6, 6.07) is 18.4. The number of hydrogen-bond donors (Lipinski definition) is 5. The van der Waals surface area contributed by atoms with Crippen molar-refractivity contribution in [3.05, 3.63) is 94.7 Å². The quantitative estimate of drug-likeness (QED) is 0.0920. The number of piperidine rings is 1. The number of carbonyl (C=O) groups excluding carboxylic acids is 1. The average molecular weight is 750 g/mol. The highest BCUT2D eigenvalue weighted by Crippen LogP contribution is 2.39. The van der Waals surface area contributed by atoms with Crippen LogP contribution >= 0.6 is 0 Å². The van der Waals surface area contributed by atoms with Gasteiger partial charge in [-0.2, -0.15) is 5.10 Å². The van der Waals surface area contributed by atoms with E-state index < -0.39 is 0 Å². The van der Waals surface area contributed by atoms with Gasteiger partial charge < -0.3 is 24.8 Å². The Labute approximate surface area is 323 Å². The van der Waals surface area contributed by atoms with E-state index in [1.165, 1.54) is 19.3 Å². The number of hydrogen-bond acceptors (Lipinski definition) is 8. The van der Waals surface area contributed by atoms with Gasteiger partial charge in [0.05, 0.1) is 30.2 Å². The maximum Gasteiger partial charge on any atom is 0.320 e. The molecule has 2 amide bonds. The van der Waals surface area contributed by atoms with Crippen LogP contribution in [0.3, 0.4) is 0 Å². The molecule has 292 valence electrons. The number of aliphatic hydroxyl groups excluding tert-OH is 1. The van der Waals surface area contributed by atoms with Crippen LogP contribution in [0.4, 0.5) is 10.6 Å². The molecule has 0 radical (unpaired) electrons. The highest BCUT2D eigenvalue weighted by molar-refractivity contribution is 5.89. The van der Waals surface area contributed by atoms with E-state index in [4.69, 9.17) is 25.4 Å². The van der Waals surface area contributed by atoms with E-state index >= 15 is 0 Å². The molecule has 3 aliphatic rings. The number of urea groups is 1. The Kier molecular flexibility index (Phi) is 11.6. The molecule has 2 aromatic heterocycles. The van der Waals surface area contributed by atoms with Crippen molar-refractivity contribution in [1.29, 1.82) is 10.8 Å². The van der Waals surface area contributed by atoms with Crippen LogP contribution in [0.2, 0.25) is 0 Å². The predicted molar refractivity (Wildman–Crippen MR) is 212 cm³/mol. The minimum absolute atomic E-state index is 0.144. The van der Waals surface area contributed by atoms with E-state index in [0.29, 0.717) is 54.0 Å². The van der Waals surface area contributed by atoms with Crippen molar-refractivity contribution < 1.29 is 19.4 Å². The molecule has 55 heavy (non-hydrogen) atoms. The van der Waals surface area contributed by atoms with Crippen LogP contribution in [0.5, 0.6) is 11.5 Å². The second-order valence-corrected chi connectivity index (χ2v) is 15.9. The first kappa shape index (κ1) is 38.1. The summed E-state index contributed by atoms with van der Waals surface area (Å²) in [4.78, 5) is 18.2. The van der Waals surface area contributed by atoms with Crippen molar-refractivity contribution in [3.8, 4) is 17.2 Å². The number of rotatable bonds is 10. The molecule has 5 N–H and O–H groups in total. The molecule has 0 spiro atoms. The maximum absolute atomic E-state index is 13.8. The summed E-state index contributed by atoms with van der Waals surface area (Å²) in [6.07, 6.45) is 8.51. The highest BCUT2D eigenvalue weighted by Gasteiger charge is 2.30. The highest BCUT2D eigenvalue weighted by atomic mass is 16.5. The molecule has 4 heterocycles. The van der Waals surface area contributed by atoms with E-state index in [0.717, 1.165) is 62.4 Å². The number of aromatic nitrogens is 3. The molecule has 2 unspecified atom stereocenters. The van der Waals surface area contributed by atoms with Crippen molar-refractivity contribution in [2.45, 2.75) is 89.9 Å². The first-order chi connectivity index (χ1) is 26.6. The lowest BCUT2D eigenvalue weighted by Gasteiger charge is -2.33. The zero-order valence-corrected chi connectivity index (χ0v) is 32.3. The minimum Gasteiger partial charge on any atom is -0.492 e. The second-order valence-electron chi connectivity index (χ2n) is 15.9. The number of fused-ring (bicyclic) bond motifs is 1. The Hall–Kier alpha value is -5.14. The number of pyridine rings is 1. The summed E-state index contributed by atoms with van der Waals surface area (Å²) in [5.74, 6) is 2.02. The zero-order chi connectivity index (χ0) is 38.5. The molecule has 0 saturated carbocycles. The number of carbonyl (C=O) groups is 1. The van der Waals surface area contributed by atoms with Crippen LogP contribution in [0, 0.1) is 10.8 Å². The molecule has 2 aliphatic heterocycles. The van der Waals surface area contributed by atoms with E-state index in [1.807, 2.05) is 53.4 Å². The van der Waals surface area contributed by atoms with Crippen molar-refractivity contribution in [2.24, 2.45) is 0 Å². The van der Waals surface area contributed by atoms with E-state index in [1.54, 1.807) is 27.6 Å². The number of benzene rings is 2. The smallest absolute Gasteiger partial charge is 0.320 e. The van der Waals surface area contributed by atoms with Gasteiger partial charge in [-0.1, -0.05) is 51.1 Å². The Morgan fingerprint density at radius 3 is 2.44 bits per heavy atom. The predicted octanol–water partition coefficient (Wildman–Crippen LogP) is 6.46. The molecule has 2 aromatic carbocycles. The topological polar surface area (TPSA) is 157 Å². The van der Waals surface area contributed by atoms with Gasteiger partial charge in [-0.3, -0.25) is 25.6 Å². The average Bonchev–Trinajstić information content (AvgIpc) is 3.87. The summed E-state index contributed by atoms with van der Waals surface area (Å²) in [5.41, 5.74) is 4.17. The Balaban J connectivity index is 1.06. The summed E-state index contributed by atoms with van der Waals surface area (Å²) < 4.78 is 16.1. The number of likely N-dealkylation sites (tertiary alicyclic amines) is 2. The fourth-order valence-electron chi connectivity index (χ4n) is 7.75. The van der Waals surface area contributed by atoms with Crippen molar-refractivity contribution in [1.82, 2.24) is 29.5 Å². The molecule has 2 saturated heterocycles. The fraction of sp³-hybridized carbons (Fsp3) is 0.476. The van der Waals surface area contributed by atoms with Crippen LogP contribution in [-0.2, 0) is 12.0 Å². The Morgan fingerprint density at radius 1 is 0.945 bits per heavy atom. The normalized spacial score (nSPS) is 18.8. The maximum atomic E-state index is 13.8. The lowest BCUT2D eigenvalue weighted by atomic mass is 9.85. The number of nitrogens with one attached hydrogen (secondary N) is 4. The molecule has 7 rings (SSSR count). The zero-order valence-electron chi connectivity index (χ0n) is 32.3. The summed E-state index contributed by atoms with van der Waals surface area (Å²) >= 11 is 0. The largest absolute Gasteiger partial charge is 0.492 e. The van der Waals surface area contributed by atoms with Gasteiger partial charge in [0.15, 0.2) is 0 Å². The number of amides is 2. The van der Waals surface area contributed by atoms with Crippen molar-refractivity contribution >= 4 is 17.8 Å². The molecule has 2 atom stereocenters. The Bertz CT molecular complexity index is 2040. The number of nitrogens with zero attached hydrogens (tertiary/aromatic N) is 5. The van der Waals surface area contributed by atoms with Gasteiger partial charge in [0.1, 0.15) is 35.5 Å². The van der Waals surface area contributed by atoms with Crippen LogP contribution in [0.15, 0.2) is 66.9 Å². The third-order valence-corrected chi connectivity index (χ3v) is 10.9. The van der Waals surface area contributed by atoms with Crippen molar-refractivity contribution in [3.63, 3.8) is 0 Å². The monoisotopic (exact) mass is 749 g/mol. The molecular weight excluding hydrogens is 695 g/mol. The van der Waals surface area contributed by atoms with Gasteiger partial charge in [0, 0.05) is 42.7 Å². The molecule has 13 nitrogen and oxygen atoms in total. The number of aliphatic hydroxyl groups is 1. The van der Waals surface area contributed by atoms with Gasteiger partial charge in [-0.25, -0.2) is 9.48 Å². The van der Waals surface area contributed by atoms with Crippen LogP contribution in [0.1, 0.15) is 100 Å². The molecule has 13 heteroatoms. The molecule has 4 aromatic rings. The first-order valence-electron chi connectivity index (χ1n) is 19.7. The molecule has 0 bridgehead atoms. The second kappa shape index (κ2) is 16.7. The number of anilines is 1. The molecule has 2 fully saturated rings. The van der Waals surface area contributed by atoms with E-state index in [2.05, 4.69) is 36.3 Å².